The zero-order chi connectivity index (χ0) is 19.1. The highest BCUT2D eigenvalue weighted by atomic mass is 16.2. The first-order chi connectivity index (χ1) is 13.1. The molecule has 0 aromatic heterocycles. The molecule has 1 N–H and O–H groups in total. The Morgan fingerprint density at radius 3 is 2.41 bits per heavy atom. The van der Waals surface area contributed by atoms with E-state index in [9.17, 15) is 9.59 Å². The molecule has 2 fully saturated rings. The zero-order valence-corrected chi connectivity index (χ0v) is 16.6. The van der Waals surface area contributed by atoms with E-state index in [1.54, 1.807) is 6.92 Å². The van der Waals surface area contributed by atoms with Crippen LogP contribution in [0.4, 0.5) is 0 Å². The average molecular weight is 372 g/mol. The van der Waals surface area contributed by atoms with E-state index < -0.39 is 0 Å². The number of hydrogen-bond acceptors (Lipinski definition) is 3. The highest BCUT2D eigenvalue weighted by Crippen LogP contribution is 2.38. The summed E-state index contributed by atoms with van der Waals surface area (Å²) in [5.74, 6) is 0.232. The highest BCUT2D eigenvalue weighted by Gasteiger charge is 2.34. The van der Waals surface area contributed by atoms with Crippen LogP contribution in [0.1, 0.15) is 51.0 Å². The molecule has 1 aliphatic heterocycles. The van der Waals surface area contributed by atoms with Crippen molar-refractivity contribution in [3.63, 3.8) is 0 Å². The van der Waals surface area contributed by atoms with E-state index in [1.165, 1.54) is 24.8 Å². The van der Waals surface area contributed by atoms with Crippen molar-refractivity contribution >= 4 is 11.8 Å². The van der Waals surface area contributed by atoms with Gasteiger partial charge in [-0.2, -0.15) is 0 Å². The maximum atomic E-state index is 12.6. The van der Waals surface area contributed by atoms with Gasteiger partial charge < -0.3 is 10.2 Å². The van der Waals surface area contributed by atoms with Crippen molar-refractivity contribution in [1.82, 2.24) is 15.1 Å². The molecule has 0 atom stereocenters. The number of benzene rings is 1. The lowest BCUT2D eigenvalue weighted by molar-refractivity contribution is -0.128. The second-order valence-corrected chi connectivity index (χ2v) is 8.12. The Morgan fingerprint density at radius 1 is 0.963 bits per heavy atom. The van der Waals surface area contributed by atoms with E-state index >= 15 is 0 Å². The summed E-state index contributed by atoms with van der Waals surface area (Å²) < 4.78 is 0. The molecule has 2 amide bonds. The normalized spacial score (nSPS) is 20.7. The molecule has 1 aromatic carbocycles. The third-order valence-electron chi connectivity index (χ3n) is 6.22. The molecular weight excluding hydrogens is 338 g/mol. The largest absolute Gasteiger partial charge is 0.354 e. The van der Waals surface area contributed by atoms with Gasteiger partial charge in [-0.15, -0.1) is 0 Å². The summed E-state index contributed by atoms with van der Waals surface area (Å²) in [5, 5.41) is 3.23. The number of nitrogens with zero attached hydrogens (tertiary/aromatic N) is 2. The van der Waals surface area contributed by atoms with Crippen LogP contribution in [0.3, 0.4) is 0 Å². The zero-order valence-electron chi connectivity index (χ0n) is 16.6. The number of amides is 2. The quantitative estimate of drug-likeness (QED) is 0.865. The van der Waals surface area contributed by atoms with Crippen LogP contribution >= 0.6 is 0 Å². The highest BCUT2D eigenvalue weighted by molar-refractivity contribution is 5.78. The van der Waals surface area contributed by atoms with Crippen LogP contribution in [0.15, 0.2) is 30.3 Å². The Hall–Kier alpha value is -1.88. The van der Waals surface area contributed by atoms with Gasteiger partial charge in [0, 0.05) is 45.1 Å². The minimum atomic E-state index is 0.0827. The van der Waals surface area contributed by atoms with Crippen LogP contribution in [0.2, 0.25) is 0 Å². The smallest absolute Gasteiger partial charge is 0.234 e. The van der Waals surface area contributed by atoms with Crippen LogP contribution in [-0.2, 0) is 15.0 Å². The molecule has 0 bridgehead atoms. The van der Waals surface area contributed by atoms with Crippen LogP contribution in [0, 0.1) is 0 Å². The van der Waals surface area contributed by atoms with Gasteiger partial charge in [-0.25, -0.2) is 0 Å². The number of carbonyl (C=O) groups excluding carboxylic acids is 2. The summed E-state index contributed by atoms with van der Waals surface area (Å²) in [4.78, 5) is 28.2. The van der Waals surface area contributed by atoms with Gasteiger partial charge in [0.25, 0.3) is 0 Å². The predicted octanol–water partition coefficient (Wildman–Crippen LogP) is 2.56. The molecule has 1 saturated carbocycles. The summed E-state index contributed by atoms with van der Waals surface area (Å²) in [6.45, 7) is 5.94. The molecule has 1 saturated heterocycles. The number of nitrogens with one attached hydrogen (secondary N) is 1. The first-order valence-electron chi connectivity index (χ1n) is 10.4. The second-order valence-electron chi connectivity index (χ2n) is 8.12. The van der Waals surface area contributed by atoms with E-state index in [0.717, 1.165) is 52.0 Å². The van der Waals surface area contributed by atoms with Gasteiger partial charge >= 0.3 is 0 Å². The Morgan fingerprint density at radius 2 is 1.70 bits per heavy atom. The van der Waals surface area contributed by atoms with Gasteiger partial charge in [0.2, 0.25) is 11.8 Å². The fourth-order valence-electron chi connectivity index (χ4n) is 4.56. The van der Waals surface area contributed by atoms with Gasteiger partial charge in [-0.05, 0) is 24.8 Å². The molecule has 1 heterocycles. The fourth-order valence-corrected chi connectivity index (χ4v) is 4.56. The van der Waals surface area contributed by atoms with Crippen molar-refractivity contribution in [2.45, 2.75) is 50.9 Å². The van der Waals surface area contributed by atoms with Gasteiger partial charge in [0.15, 0.2) is 0 Å². The van der Waals surface area contributed by atoms with Crippen LogP contribution in [0.25, 0.3) is 0 Å². The minimum absolute atomic E-state index is 0.0827. The van der Waals surface area contributed by atoms with Crippen molar-refractivity contribution in [2.24, 2.45) is 0 Å². The maximum Gasteiger partial charge on any atom is 0.234 e. The fraction of sp³-hybridized carbons (Fsp3) is 0.636. The van der Waals surface area contributed by atoms with E-state index in [4.69, 9.17) is 0 Å². The molecule has 0 unspecified atom stereocenters. The number of carbonyl (C=O) groups is 2. The molecule has 27 heavy (non-hydrogen) atoms. The van der Waals surface area contributed by atoms with E-state index in [1.807, 2.05) is 4.90 Å². The van der Waals surface area contributed by atoms with Gasteiger partial charge in [-0.3, -0.25) is 14.5 Å². The van der Waals surface area contributed by atoms with Crippen molar-refractivity contribution in [3.8, 4) is 0 Å². The third kappa shape index (κ3) is 5.32. The molecule has 0 spiro atoms. The summed E-state index contributed by atoms with van der Waals surface area (Å²) in [7, 11) is 0. The van der Waals surface area contributed by atoms with Crippen molar-refractivity contribution < 1.29 is 9.59 Å². The summed E-state index contributed by atoms with van der Waals surface area (Å²) in [6.07, 6.45) is 6.99. The Labute approximate surface area is 163 Å². The topological polar surface area (TPSA) is 52.7 Å². The lowest BCUT2D eigenvalue weighted by atomic mass is 9.69. The van der Waals surface area contributed by atoms with Gasteiger partial charge in [0.1, 0.15) is 0 Å². The Bertz CT molecular complexity index is 626. The Kier molecular flexibility index (Phi) is 6.89. The first kappa shape index (κ1) is 19.9. The molecule has 3 rings (SSSR count). The molecule has 5 nitrogen and oxygen atoms in total. The van der Waals surface area contributed by atoms with Crippen LogP contribution in [0.5, 0.6) is 0 Å². The Balaban J connectivity index is 1.54. The lowest BCUT2D eigenvalue weighted by Crippen LogP contribution is -2.46. The molecule has 1 aromatic rings. The van der Waals surface area contributed by atoms with E-state index in [2.05, 4.69) is 40.5 Å². The number of hydrogen-bond donors (Lipinski definition) is 1. The maximum absolute atomic E-state index is 12.6. The van der Waals surface area contributed by atoms with Crippen molar-refractivity contribution in [2.75, 3.05) is 39.3 Å². The van der Waals surface area contributed by atoms with Gasteiger partial charge in [0.05, 0.1) is 6.54 Å². The standard InChI is InChI=1S/C22H33N3O2/c1-19(26)25-14-8-13-24(15-16-25)17-21(27)23-18-22(11-6-3-7-12-22)20-9-4-2-5-10-20/h2,4-5,9-10H,3,6-8,11-18H2,1H3,(H,23,27). The van der Waals surface area contributed by atoms with Crippen molar-refractivity contribution in [3.05, 3.63) is 35.9 Å². The molecule has 148 valence electrons. The van der Waals surface area contributed by atoms with E-state index in [0.29, 0.717) is 6.54 Å². The molecule has 1 aliphatic carbocycles. The summed E-state index contributed by atoms with van der Waals surface area (Å²) in [5.41, 5.74) is 1.44. The number of rotatable bonds is 5. The minimum Gasteiger partial charge on any atom is -0.354 e. The monoisotopic (exact) mass is 371 g/mol. The van der Waals surface area contributed by atoms with Gasteiger partial charge in [-0.1, -0.05) is 49.6 Å². The summed E-state index contributed by atoms with van der Waals surface area (Å²) >= 11 is 0. The average Bonchev–Trinajstić information content (AvgIpc) is 2.94. The molecule has 0 radical (unpaired) electrons. The lowest BCUT2D eigenvalue weighted by Gasteiger charge is -2.38. The summed E-state index contributed by atoms with van der Waals surface area (Å²) in [6, 6.07) is 10.7. The van der Waals surface area contributed by atoms with Crippen LogP contribution in [-0.4, -0.2) is 60.9 Å². The predicted molar refractivity (Wildman–Crippen MR) is 108 cm³/mol. The van der Waals surface area contributed by atoms with Crippen LogP contribution < -0.4 is 5.32 Å². The molecular formula is C22H33N3O2. The second kappa shape index (κ2) is 9.36. The van der Waals surface area contributed by atoms with E-state index in [-0.39, 0.29) is 17.2 Å². The molecule has 2 aliphatic rings. The third-order valence-corrected chi connectivity index (χ3v) is 6.22. The SMILES string of the molecule is CC(=O)N1CCCN(CC(=O)NCC2(c3ccccc3)CCCCC2)CC1. The molecule has 5 heteroatoms. The first-order valence-corrected chi connectivity index (χ1v) is 10.4. The van der Waals surface area contributed by atoms with Crippen molar-refractivity contribution in [1.29, 1.82) is 0 Å².